The third-order valence-electron chi connectivity index (χ3n) is 6.18. The second-order valence-electron chi connectivity index (χ2n) is 10.3. The molecule has 0 saturated heterocycles. The molecule has 0 aliphatic rings. The van der Waals surface area contributed by atoms with Crippen molar-refractivity contribution >= 4 is 5.97 Å². The first-order chi connectivity index (χ1) is 21.2. The van der Waals surface area contributed by atoms with Crippen molar-refractivity contribution in [3.63, 3.8) is 0 Å². The van der Waals surface area contributed by atoms with Crippen molar-refractivity contribution in [1.29, 1.82) is 0 Å². The van der Waals surface area contributed by atoms with Crippen LogP contribution in [0.4, 0.5) is 0 Å². The van der Waals surface area contributed by atoms with E-state index in [2.05, 4.69) is 0 Å². The molecule has 11 nitrogen and oxygen atoms in total. The van der Waals surface area contributed by atoms with Crippen LogP contribution in [0.5, 0.6) is 0 Å². The van der Waals surface area contributed by atoms with Crippen LogP contribution < -0.4 is 0 Å². The molecule has 0 saturated carbocycles. The van der Waals surface area contributed by atoms with Crippen LogP contribution in [0.25, 0.3) is 0 Å². The Morgan fingerprint density at radius 1 is 0.442 bits per heavy atom. The van der Waals surface area contributed by atoms with Crippen molar-refractivity contribution in [2.75, 3.05) is 119 Å². The highest BCUT2D eigenvalue weighted by molar-refractivity contribution is 5.71. The standard InChI is InChI=1S/C32H64O11/c1-3-31(2)32(34)43-30-12-29-42-28-11-27-41-26-10-25-40-24-9-23-39-22-8-21-38-20-7-19-37-18-6-17-36-16-5-15-35-14-4-13-33/h31,33H,3-30H2,1-2H3. The Balaban J connectivity index is 3.07. The summed E-state index contributed by atoms with van der Waals surface area (Å²) in [7, 11) is 0. The van der Waals surface area contributed by atoms with E-state index in [1.165, 1.54) is 0 Å². The molecule has 0 aromatic carbocycles. The highest BCUT2D eigenvalue weighted by Crippen LogP contribution is 2.03. The molecule has 1 N–H and O–H groups in total. The fraction of sp³-hybridized carbons (Fsp3) is 0.969. The molecule has 1 atom stereocenters. The molecule has 11 heteroatoms. The molecule has 0 fully saturated rings. The quantitative estimate of drug-likeness (QED) is 0.0791. The summed E-state index contributed by atoms with van der Waals surface area (Å²) >= 11 is 0. The van der Waals surface area contributed by atoms with Gasteiger partial charge in [0.15, 0.2) is 0 Å². The zero-order valence-corrected chi connectivity index (χ0v) is 27.4. The molecule has 0 aliphatic heterocycles. The first-order valence-corrected chi connectivity index (χ1v) is 16.6. The second kappa shape index (κ2) is 37.3. The number of carbonyl (C=O) groups is 1. The molecule has 0 aliphatic carbocycles. The monoisotopic (exact) mass is 624 g/mol. The Bertz CT molecular complexity index is 539. The van der Waals surface area contributed by atoms with Gasteiger partial charge in [0.25, 0.3) is 0 Å². The SMILES string of the molecule is CCC(C)C(=O)OCCCOCCCOCCCOCCCOCCCOCCCOCCCOCCCOCCCO. The first kappa shape index (κ1) is 42.1. The molecule has 0 aromatic heterocycles. The predicted octanol–water partition coefficient (Wildman–Crippen LogP) is 4.21. The van der Waals surface area contributed by atoms with Crippen LogP contribution in [0, 0.1) is 5.92 Å². The van der Waals surface area contributed by atoms with Gasteiger partial charge in [0.2, 0.25) is 0 Å². The lowest BCUT2D eigenvalue weighted by Gasteiger charge is -2.09. The summed E-state index contributed by atoms with van der Waals surface area (Å²) in [6, 6.07) is 0. The highest BCUT2D eigenvalue weighted by Gasteiger charge is 2.11. The zero-order valence-electron chi connectivity index (χ0n) is 27.4. The Labute approximate surface area is 261 Å². The minimum Gasteiger partial charge on any atom is -0.465 e. The van der Waals surface area contributed by atoms with Crippen molar-refractivity contribution in [3.8, 4) is 0 Å². The second-order valence-corrected chi connectivity index (χ2v) is 10.3. The minimum absolute atomic E-state index is 0.0308. The van der Waals surface area contributed by atoms with Crippen LogP contribution in [0.15, 0.2) is 0 Å². The summed E-state index contributed by atoms with van der Waals surface area (Å²) in [5, 5.41) is 8.66. The summed E-state index contributed by atoms with van der Waals surface area (Å²) < 4.78 is 49.7. The number of esters is 1. The topological polar surface area (TPSA) is 120 Å². The Kier molecular flexibility index (Phi) is 36.5. The van der Waals surface area contributed by atoms with Gasteiger partial charge in [-0.2, -0.15) is 0 Å². The number of ether oxygens (including phenoxy) is 9. The lowest BCUT2D eigenvalue weighted by molar-refractivity contribution is -0.148. The molecule has 43 heavy (non-hydrogen) atoms. The molecular formula is C32H64O11. The van der Waals surface area contributed by atoms with E-state index in [0.29, 0.717) is 119 Å². The Morgan fingerprint density at radius 3 is 0.907 bits per heavy atom. The van der Waals surface area contributed by atoms with Gasteiger partial charge in [-0.1, -0.05) is 13.8 Å². The van der Waals surface area contributed by atoms with Gasteiger partial charge in [0.05, 0.1) is 12.5 Å². The third-order valence-corrected chi connectivity index (χ3v) is 6.18. The van der Waals surface area contributed by atoms with Gasteiger partial charge in [0.1, 0.15) is 0 Å². The third kappa shape index (κ3) is 35.5. The number of aliphatic hydroxyl groups is 1. The van der Waals surface area contributed by atoms with Crippen LogP contribution in [-0.2, 0) is 47.4 Å². The smallest absolute Gasteiger partial charge is 0.308 e. The van der Waals surface area contributed by atoms with E-state index < -0.39 is 0 Å². The minimum atomic E-state index is -0.126. The van der Waals surface area contributed by atoms with Gasteiger partial charge in [-0.3, -0.25) is 4.79 Å². The van der Waals surface area contributed by atoms with Crippen LogP contribution >= 0.6 is 0 Å². The Morgan fingerprint density at radius 2 is 0.674 bits per heavy atom. The number of carbonyl (C=O) groups excluding carboxylic acids is 1. The van der Waals surface area contributed by atoms with Gasteiger partial charge in [0, 0.05) is 119 Å². The average Bonchev–Trinajstić information content (AvgIpc) is 3.02. The molecule has 0 rings (SSSR count). The van der Waals surface area contributed by atoms with E-state index in [0.717, 1.165) is 57.8 Å². The van der Waals surface area contributed by atoms with Gasteiger partial charge < -0.3 is 47.7 Å². The van der Waals surface area contributed by atoms with Crippen molar-refractivity contribution in [2.24, 2.45) is 5.92 Å². The normalized spacial score (nSPS) is 12.2. The number of hydrogen-bond donors (Lipinski definition) is 1. The maximum absolute atomic E-state index is 11.5. The van der Waals surface area contributed by atoms with Crippen molar-refractivity contribution in [2.45, 2.75) is 78.1 Å². The molecule has 258 valence electrons. The molecule has 0 spiro atoms. The first-order valence-electron chi connectivity index (χ1n) is 16.6. The van der Waals surface area contributed by atoms with E-state index in [4.69, 9.17) is 47.7 Å². The van der Waals surface area contributed by atoms with Crippen LogP contribution in [0.2, 0.25) is 0 Å². The summed E-state index contributed by atoms with van der Waals surface area (Å²) in [4.78, 5) is 11.5. The van der Waals surface area contributed by atoms with Gasteiger partial charge in [-0.25, -0.2) is 0 Å². The van der Waals surface area contributed by atoms with E-state index >= 15 is 0 Å². The summed E-state index contributed by atoms with van der Waals surface area (Å²) in [5.74, 6) is -0.156. The van der Waals surface area contributed by atoms with Crippen molar-refractivity contribution in [3.05, 3.63) is 0 Å². The predicted molar refractivity (Wildman–Crippen MR) is 166 cm³/mol. The molecule has 0 bridgehead atoms. The number of hydrogen-bond acceptors (Lipinski definition) is 11. The molecule has 0 heterocycles. The van der Waals surface area contributed by atoms with E-state index in [1.807, 2.05) is 13.8 Å². The van der Waals surface area contributed by atoms with Crippen LogP contribution in [-0.4, -0.2) is 130 Å². The van der Waals surface area contributed by atoms with Gasteiger partial charge in [-0.05, 0) is 57.8 Å². The lowest BCUT2D eigenvalue weighted by atomic mass is 10.1. The fourth-order valence-corrected chi connectivity index (χ4v) is 3.47. The average molecular weight is 625 g/mol. The summed E-state index contributed by atoms with van der Waals surface area (Å²) in [6.07, 6.45) is 8.39. The van der Waals surface area contributed by atoms with E-state index in [-0.39, 0.29) is 18.5 Å². The zero-order chi connectivity index (χ0) is 31.3. The molecule has 1 unspecified atom stereocenters. The largest absolute Gasteiger partial charge is 0.465 e. The number of aliphatic hydroxyl groups excluding tert-OH is 1. The van der Waals surface area contributed by atoms with Gasteiger partial charge >= 0.3 is 5.97 Å². The Hall–Kier alpha value is -0.890. The fourth-order valence-electron chi connectivity index (χ4n) is 3.47. The van der Waals surface area contributed by atoms with Crippen LogP contribution in [0.1, 0.15) is 78.1 Å². The van der Waals surface area contributed by atoms with Crippen LogP contribution in [0.3, 0.4) is 0 Å². The maximum atomic E-state index is 11.5. The number of rotatable bonds is 37. The summed E-state index contributed by atoms with van der Waals surface area (Å²) in [5.41, 5.74) is 0. The molecule has 0 aromatic rings. The molecule has 0 amide bonds. The van der Waals surface area contributed by atoms with E-state index in [9.17, 15) is 4.79 Å². The summed E-state index contributed by atoms with van der Waals surface area (Å²) in [6.45, 7) is 15.4. The highest BCUT2D eigenvalue weighted by atomic mass is 16.5. The van der Waals surface area contributed by atoms with E-state index in [1.54, 1.807) is 0 Å². The molecular weight excluding hydrogens is 560 g/mol. The van der Waals surface area contributed by atoms with Crippen molar-refractivity contribution in [1.82, 2.24) is 0 Å². The molecule has 0 radical (unpaired) electrons. The van der Waals surface area contributed by atoms with Gasteiger partial charge in [-0.15, -0.1) is 0 Å². The maximum Gasteiger partial charge on any atom is 0.308 e. The lowest BCUT2D eigenvalue weighted by Crippen LogP contribution is -2.15. The van der Waals surface area contributed by atoms with Crippen molar-refractivity contribution < 1.29 is 52.5 Å².